The fourth-order valence-electron chi connectivity index (χ4n) is 3.77. The molecule has 1 aliphatic carbocycles. The molecular formula is C16H24BrN. The summed E-state index contributed by atoms with van der Waals surface area (Å²) >= 11 is 3.73. The Morgan fingerprint density at radius 3 is 2.28 bits per heavy atom. The zero-order chi connectivity index (χ0) is 13.2. The summed E-state index contributed by atoms with van der Waals surface area (Å²) in [5.74, 6) is 0. The van der Waals surface area contributed by atoms with Gasteiger partial charge in [-0.25, -0.2) is 0 Å². The second-order valence-corrected chi connectivity index (χ2v) is 6.71. The van der Waals surface area contributed by atoms with E-state index in [4.69, 9.17) is 0 Å². The fraction of sp³-hybridized carbons (Fsp3) is 0.625. The van der Waals surface area contributed by atoms with Crippen molar-refractivity contribution in [1.82, 2.24) is 5.32 Å². The summed E-state index contributed by atoms with van der Waals surface area (Å²) < 4.78 is 1.26. The van der Waals surface area contributed by atoms with Gasteiger partial charge in [0.25, 0.3) is 0 Å². The van der Waals surface area contributed by atoms with Gasteiger partial charge in [0.05, 0.1) is 0 Å². The first-order chi connectivity index (χ1) is 8.61. The first-order valence-electron chi connectivity index (χ1n) is 7.01. The van der Waals surface area contributed by atoms with Gasteiger partial charge in [-0.3, -0.25) is 0 Å². The van der Waals surface area contributed by atoms with Crippen molar-refractivity contribution in [2.45, 2.75) is 44.9 Å². The van der Waals surface area contributed by atoms with Crippen molar-refractivity contribution in [1.29, 1.82) is 0 Å². The summed E-state index contributed by atoms with van der Waals surface area (Å²) in [6.45, 7) is 5.76. The molecule has 2 rings (SSSR count). The minimum Gasteiger partial charge on any atom is -0.319 e. The van der Waals surface area contributed by atoms with E-state index in [9.17, 15) is 0 Å². The monoisotopic (exact) mass is 309 g/mol. The SMILES string of the molecule is CCC1(CC)CC(CNC)(c2ccccc2Br)C1. The number of rotatable bonds is 5. The van der Waals surface area contributed by atoms with Crippen LogP contribution in [0.4, 0.5) is 0 Å². The quantitative estimate of drug-likeness (QED) is 0.844. The van der Waals surface area contributed by atoms with Gasteiger partial charge >= 0.3 is 0 Å². The molecule has 1 fully saturated rings. The van der Waals surface area contributed by atoms with E-state index in [1.54, 1.807) is 0 Å². The van der Waals surface area contributed by atoms with E-state index in [0.29, 0.717) is 10.8 Å². The van der Waals surface area contributed by atoms with Crippen LogP contribution in [0.2, 0.25) is 0 Å². The van der Waals surface area contributed by atoms with Gasteiger partial charge in [0, 0.05) is 16.4 Å². The van der Waals surface area contributed by atoms with Crippen LogP contribution in [0, 0.1) is 5.41 Å². The molecule has 1 N–H and O–H groups in total. The molecule has 1 aromatic rings. The lowest BCUT2D eigenvalue weighted by Crippen LogP contribution is -2.54. The van der Waals surface area contributed by atoms with Crippen LogP contribution in [0.25, 0.3) is 0 Å². The molecule has 0 heterocycles. The number of benzene rings is 1. The molecule has 0 amide bonds. The summed E-state index contributed by atoms with van der Waals surface area (Å²) in [5, 5.41) is 3.40. The van der Waals surface area contributed by atoms with E-state index in [1.165, 1.54) is 35.7 Å². The highest BCUT2D eigenvalue weighted by molar-refractivity contribution is 9.10. The molecule has 1 nitrogen and oxygen atoms in total. The largest absolute Gasteiger partial charge is 0.319 e. The van der Waals surface area contributed by atoms with Gasteiger partial charge < -0.3 is 5.32 Å². The van der Waals surface area contributed by atoms with Crippen LogP contribution in [0.1, 0.15) is 45.1 Å². The van der Waals surface area contributed by atoms with Crippen LogP contribution in [0.15, 0.2) is 28.7 Å². The third kappa shape index (κ3) is 2.25. The van der Waals surface area contributed by atoms with Crippen molar-refractivity contribution in [2.75, 3.05) is 13.6 Å². The van der Waals surface area contributed by atoms with Gasteiger partial charge in [-0.2, -0.15) is 0 Å². The Balaban J connectivity index is 2.29. The van der Waals surface area contributed by atoms with Gasteiger partial charge in [-0.05, 0) is 36.9 Å². The molecule has 0 atom stereocenters. The van der Waals surface area contributed by atoms with Gasteiger partial charge in [-0.1, -0.05) is 60.8 Å². The van der Waals surface area contributed by atoms with E-state index in [-0.39, 0.29) is 0 Å². The highest BCUT2D eigenvalue weighted by Gasteiger charge is 2.53. The number of hydrogen-bond donors (Lipinski definition) is 1. The predicted octanol–water partition coefficient (Wildman–Crippen LogP) is 4.51. The molecule has 1 aromatic carbocycles. The topological polar surface area (TPSA) is 12.0 Å². The standard InChI is InChI=1S/C16H24BrN/c1-4-15(5-2)10-16(11-15,12-18-3)13-8-6-7-9-14(13)17/h6-9,18H,4-5,10-12H2,1-3H3. The Bertz CT molecular complexity index is 401. The maximum absolute atomic E-state index is 3.73. The second-order valence-electron chi connectivity index (χ2n) is 5.85. The molecule has 18 heavy (non-hydrogen) atoms. The van der Waals surface area contributed by atoms with Crippen LogP contribution in [-0.4, -0.2) is 13.6 Å². The van der Waals surface area contributed by atoms with E-state index in [2.05, 4.69) is 66.4 Å². The Morgan fingerprint density at radius 1 is 1.17 bits per heavy atom. The molecule has 100 valence electrons. The average Bonchev–Trinajstić information content (AvgIpc) is 2.34. The van der Waals surface area contributed by atoms with Gasteiger partial charge in [0.15, 0.2) is 0 Å². The Morgan fingerprint density at radius 2 is 1.78 bits per heavy atom. The lowest BCUT2D eigenvalue weighted by atomic mass is 9.48. The summed E-state index contributed by atoms with van der Waals surface area (Å²) in [6, 6.07) is 8.73. The molecule has 0 aliphatic heterocycles. The first-order valence-corrected chi connectivity index (χ1v) is 7.80. The van der Waals surface area contributed by atoms with Crippen molar-refractivity contribution in [3.8, 4) is 0 Å². The summed E-state index contributed by atoms with van der Waals surface area (Å²) in [6.07, 6.45) is 5.24. The molecule has 1 aliphatic rings. The Kier molecular flexibility index (Phi) is 4.18. The Labute approximate surface area is 119 Å². The molecule has 2 heteroatoms. The third-order valence-electron chi connectivity index (χ3n) is 4.89. The molecule has 1 saturated carbocycles. The zero-order valence-corrected chi connectivity index (χ0v) is 13.3. The van der Waals surface area contributed by atoms with E-state index in [0.717, 1.165) is 6.54 Å². The van der Waals surface area contributed by atoms with Crippen molar-refractivity contribution in [2.24, 2.45) is 5.41 Å². The van der Waals surface area contributed by atoms with E-state index in [1.807, 2.05) is 0 Å². The van der Waals surface area contributed by atoms with Crippen molar-refractivity contribution in [3.63, 3.8) is 0 Å². The molecule has 0 radical (unpaired) electrons. The number of halogens is 1. The molecular weight excluding hydrogens is 286 g/mol. The molecule has 0 spiro atoms. The van der Waals surface area contributed by atoms with Crippen LogP contribution < -0.4 is 5.32 Å². The van der Waals surface area contributed by atoms with Crippen LogP contribution in [0.5, 0.6) is 0 Å². The van der Waals surface area contributed by atoms with Crippen molar-refractivity contribution in [3.05, 3.63) is 34.3 Å². The second kappa shape index (κ2) is 5.34. The molecule has 0 saturated heterocycles. The summed E-state index contributed by atoms with van der Waals surface area (Å²) in [5.41, 5.74) is 2.39. The molecule has 0 unspecified atom stereocenters. The fourth-order valence-corrected chi connectivity index (χ4v) is 4.48. The average molecular weight is 310 g/mol. The van der Waals surface area contributed by atoms with Gasteiger partial charge in [0.1, 0.15) is 0 Å². The number of likely N-dealkylation sites (N-methyl/N-ethyl adjacent to an activating group) is 1. The number of hydrogen-bond acceptors (Lipinski definition) is 1. The number of nitrogens with one attached hydrogen (secondary N) is 1. The van der Waals surface area contributed by atoms with Crippen LogP contribution >= 0.6 is 15.9 Å². The molecule has 0 bridgehead atoms. The van der Waals surface area contributed by atoms with Gasteiger partial charge in [0.2, 0.25) is 0 Å². The first kappa shape index (κ1) is 14.1. The minimum atomic E-state index is 0.334. The minimum absolute atomic E-state index is 0.334. The van der Waals surface area contributed by atoms with E-state index < -0.39 is 0 Å². The Hall–Kier alpha value is -0.340. The summed E-state index contributed by atoms with van der Waals surface area (Å²) in [4.78, 5) is 0. The van der Waals surface area contributed by atoms with Crippen molar-refractivity contribution >= 4 is 15.9 Å². The molecule has 0 aromatic heterocycles. The van der Waals surface area contributed by atoms with Crippen LogP contribution in [-0.2, 0) is 5.41 Å². The smallest absolute Gasteiger partial charge is 0.0213 e. The zero-order valence-electron chi connectivity index (χ0n) is 11.7. The lowest BCUT2D eigenvalue weighted by molar-refractivity contribution is 0.0136. The third-order valence-corrected chi connectivity index (χ3v) is 5.58. The normalized spacial score (nSPS) is 20.4. The van der Waals surface area contributed by atoms with Gasteiger partial charge in [-0.15, -0.1) is 0 Å². The highest BCUT2D eigenvalue weighted by Crippen LogP contribution is 2.59. The summed E-state index contributed by atoms with van der Waals surface area (Å²) in [7, 11) is 2.07. The maximum atomic E-state index is 3.73. The highest BCUT2D eigenvalue weighted by atomic mass is 79.9. The van der Waals surface area contributed by atoms with E-state index >= 15 is 0 Å². The maximum Gasteiger partial charge on any atom is 0.0213 e. The van der Waals surface area contributed by atoms with Crippen molar-refractivity contribution < 1.29 is 0 Å². The van der Waals surface area contributed by atoms with Crippen LogP contribution in [0.3, 0.4) is 0 Å². The predicted molar refractivity (Wildman–Crippen MR) is 82.0 cm³/mol. The lowest BCUT2D eigenvalue weighted by Gasteiger charge is -2.57.